The molecule has 206 valence electrons. The lowest BCUT2D eigenvalue weighted by atomic mass is 10.00. The van der Waals surface area contributed by atoms with Crippen molar-refractivity contribution in [2.45, 2.75) is 118 Å². The molecule has 2 aliphatic heterocycles. The van der Waals surface area contributed by atoms with Gasteiger partial charge in [-0.2, -0.15) is 0 Å². The number of esters is 1. The van der Waals surface area contributed by atoms with E-state index in [9.17, 15) is 35.4 Å². The van der Waals surface area contributed by atoms with E-state index >= 15 is 0 Å². The predicted octanol–water partition coefficient (Wildman–Crippen LogP) is -0.335. The van der Waals surface area contributed by atoms with Crippen molar-refractivity contribution in [3.63, 3.8) is 0 Å². The molecule has 7 unspecified atom stereocenters. The highest BCUT2D eigenvalue weighted by Crippen LogP contribution is 2.38. The normalized spacial score (nSPS) is 37.8. The van der Waals surface area contributed by atoms with Crippen LogP contribution in [0.5, 0.6) is 0 Å². The molecule has 0 radical (unpaired) electrons. The first-order chi connectivity index (χ1) is 16.7. The monoisotopic (exact) mass is 526 g/mol. The van der Waals surface area contributed by atoms with E-state index in [1.54, 1.807) is 0 Å². The Morgan fingerprint density at radius 3 is 2.11 bits per heavy atom. The van der Waals surface area contributed by atoms with Gasteiger partial charge in [-0.15, -0.1) is 11.8 Å². The summed E-state index contributed by atoms with van der Waals surface area (Å²) in [7, 11) is 1.39. The third kappa shape index (κ3) is 8.77. The van der Waals surface area contributed by atoms with Crippen LogP contribution in [0.2, 0.25) is 0 Å². The summed E-state index contributed by atoms with van der Waals surface area (Å²) in [6.45, 7) is 1.67. The molecule has 2 rings (SSSR count). The fraction of sp³-hybridized carbons (Fsp3) is 0.957. The number of carbonyl (C=O) groups is 1. The van der Waals surface area contributed by atoms with Crippen LogP contribution < -0.4 is 0 Å². The number of aliphatic hydroxyl groups is 6. The molecular weight excluding hydrogens is 484 g/mol. The van der Waals surface area contributed by atoms with Crippen LogP contribution in [0.3, 0.4) is 0 Å². The third-order valence-electron chi connectivity index (χ3n) is 6.47. The quantitative estimate of drug-likeness (QED) is 0.129. The Bertz CT molecular complexity index is 608. The minimum absolute atomic E-state index is 0.189. The summed E-state index contributed by atoms with van der Waals surface area (Å²) in [6, 6.07) is 0. The Morgan fingerprint density at radius 1 is 0.829 bits per heavy atom. The Hall–Kier alpha value is -0.540. The van der Waals surface area contributed by atoms with Crippen LogP contribution in [-0.4, -0.2) is 117 Å². The van der Waals surface area contributed by atoms with E-state index in [2.05, 4.69) is 4.74 Å². The van der Waals surface area contributed by atoms with Crippen LogP contribution >= 0.6 is 11.8 Å². The van der Waals surface area contributed by atoms with Crippen molar-refractivity contribution in [2.24, 2.45) is 0 Å². The first kappa shape index (κ1) is 30.7. The number of rotatable bonds is 14. The van der Waals surface area contributed by atoms with Gasteiger partial charge in [0.2, 0.25) is 0 Å². The lowest BCUT2D eigenvalue weighted by Crippen LogP contribution is -2.61. The molecule has 12 heteroatoms. The van der Waals surface area contributed by atoms with Crippen molar-refractivity contribution < 1.29 is 54.4 Å². The summed E-state index contributed by atoms with van der Waals surface area (Å²) < 4.78 is 21.8. The topological polar surface area (TPSA) is 175 Å². The van der Waals surface area contributed by atoms with Gasteiger partial charge in [-0.1, -0.05) is 32.6 Å². The van der Waals surface area contributed by atoms with Crippen molar-refractivity contribution >= 4 is 17.7 Å². The highest BCUT2D eigenvalue weighted by molar-refractivity contribution is 8.00. The van der Waals surface area contributed by atoms with E-state index in [1.807, 2.05) is 6.92 Å². The number of ether oxygens (including phenoxy) is 4. The highest BCUT2D eigenvalue weighted by atomic mass is 32.2. The molecule has 6 N–H and O–H groups in total. The largest absolute Gasteiger partial charge is 0.469 e. The zero-order valence-electron chi connectivity index (χ0n) is 20.5. The van der Waals surface area contributed by atoms with E-state index in [1.165, 1.54) is 7.11 Å². The zero-order chi connectivity index (χ0) is 26.0. The fourth-order valence-electron chi connectivity index (χ4n) is 4.25. The van der Waals surface area contributed by atoms with Crippen LogP contribution in [-0.2, 0) is 23.7 Å². The molecule has 0 bridgehead atoms. The van der Waals surface area contributed by atoms with Crippen LogP contribution in [0.25, 0.3) is 0 Å². The second kappa shape index (κ2) is 15.7. The van der Waals surface area contributed by atoms with Gasteiger partial charge in [0.05, 0.1) is 31.2 Å². The molecule has 0 aromatic carbocycles. The Morgan fingerprint density at radius 2 is 1.49 bits per heavy atom. The maximum absolute atomic E-state index is 11.1. The van der Waals surface area contributed by atoms with Gasteiger partial charge in [0.1, 0.15) is 36.0 Å². The van der Waals surface area contributed by atoms with Crippen molar-refractivity contribution in [1.29, 1.82) is 0 Å². The number of methoxy groups -OCH3 is 1. The summed E-state index contributed by atoms with van der Waals surface area (Å²) >= 11 is 0.992. The first-order valence-corrected chi connectivity index (χ1v) is 13.3. The molecule has 2 heterocycles. The summed E-state index contributed by atoms with van der Waals surface area (Å²) in [6.07, 6.45) is -3.19. The maximum atomic E-state index is 11.1. The van der Waals surface area contributed by atoms with Crippen LogP contribution in [0, 0.1) is 0 Å². The molecule has 0 amide bonds. The average molecular weight is 527 g/mol. The minimum Gasteiger partial charge on any atom is -0.469 e. The number of unbranched alkanes of at least 4 members (excludes halogenated alkanes) is 5. The molecule has 0 aromatic heterocycles. The second-order valence-electron chi connectivity index (χ2n) is 9.05. The van der Waals surface area contributed by atoms with E-state index in [0.29, 0.717) is 19.4 Å². The fourth-order valence-corrected chi connectivity index (χ4v) is 5.85. The molecule has 2 aliphatic rings. The number of aliphatic hydroxyl groups excluding tert-OH is 6. The van der Waals surface area contributed by atoms with Gasteiger partial charge in [-0.05, 0) is 19.3 Å². The Kier molecular flexibility index (Phi) is 13.7. The van der Waals surface area contributed by atoms with Crippen LogP contribution in [0.4, 0.5) is 0 Å². The van der Waals surface area contributed by atoms with Gasteiger partial charge >= 0.3 is 5.97 Å². The smallest absolute Gasteiger partial charge is 0.305 e. The van der Waals surface area contributed by atoms with Gasteiger partial charge in [-0.25, -0.2) is 0 Å². The standard InChI is InChI=1S/C23H42O11S/c1-3-13-21(35-23-20(30)17(27)16(26)14(12-24)34-23)18(28)19(29)22(33-13)32-11-9-7-5-4-6-8-10-15(25)31-2/h13-14,16-24,26-30H,3-12H2,1-2H3/t13?,14?,16-,17?,18?,19?,20?,21+,22-,23?/m1/s1. The van der Waals surface area contributed by atoms with E-state index in [-0.39, 0.29) is 5.97 Å². The van der Waals surface area contributed by atoms with Crippen molar-refractivity contribution in [2.75, 3.05) is 20.3 Å². The molecule has 0 aromatic rings. The Labute approximate surface area is 210 Å². The lowest BCUT2D eigenvalue weighted by Gasteiger charge is -2.46. The van der Waals surface area contributed by atoms with Crippen LogP contribution in [0.15, 0.2) is 0 Å². The van der Waals surface area contributed by atoms with Gasteiger partial charge in [-0.3, -0.25) is 4.79 Å². The summed E-state index contributed by atoms with van der Waals surface area (Å²) in [5, 5.41) is 60.4. The molecule has 0 saturated carbocycles. The SMILES string of the molecule is CCC1O[C@@H](OCCCCCCCCC(=O)OC)C(O)C(O)[C@H]1SC1OC(CO)[C@@H](O)C(O)C1O. The van der Waals surface area contributed by atoms with Crippen molar-refractivity contribution in [3.8, 4) is 0 Å². The predicted molar refractivity (Wildman–Crippen MR) is 126 cm³/mol. The molecular formula is C23H42O11S. The first-order valence-electron chi connectivity index (χ1n) is 12.4. The van der Waals surface area contributed by atoms with Crippen molar-refractivity contribution in [1.82, 2.24) is 0 Å². The average Bonchev–Trinajstić information content (AvgIpc) is 2.86. The molecule has 10 atom stereocenters. The minimum atomic E-state index is -1.52. The zero-order valence-corrected chi connectivity index (χ0v) is 21.3. The number of hydrogen-bond acceptors (Lipinski definition) is 12. The van der Waals surface area contributed by atoms with E-state index < -0.39 is 66.3 Å². The number of thioether (sulfide) groups is 1. The second-order valence-corrected chi connectivity index (χ2v) is 10.3. The molecule has 2 saturated heterocycles. The Balaban J connectivity index is 1.77. The molecule has 0 spiro atoms. The highest BCUT2D eigenvalue weighted by Gasteiger charge is 2.50. The lowest BCUT2D eigenvalue weighted by molar-refractivity contribution is -0.264. The van der Waals surface area contributed by atoms with Crippen LogP contribution in [0.1, 0.15) is 58.3 Å². The summed E-state index contributed by atoms with van der Waals surface area (Å²) in [5.41, 5.74) is -1.04. The molecule has 11 nitrogen and oxygen atoms in total. The maximum Gasteiger partial charge on any atom is 0.305 e. The summed E-state index contributed by atoms with van der Waals surface area (Å²) in [5.74, 6) is -0.189. The van der Waals surface area contributed by atoms with Crippen molar-refractivity contribution in [3.05, 3.63) is 0 Å². The van der Waals surface area contributed by atoms with Gasteiger partial charge in [0.25, 0.3) is 0 Å². The van der Waals surface area contributed by atoms with Gasteiger partial charge in [0, 0.05) is 13.0 Å². The number of carbonyl (C=O) groups excluding carboxylic acids is 1. The molecule has 2 fully saturated rings. The van der Waals surface area contributed by atoms with Gasteiger partial charge < -0.3 is 49.6 Å². The van der Waals surface area contributed by atoms with Gasteiger partial charge in [0.15, 0.2) is 6.29 Å². The summed E-state index contributed by atoms with van der Waals surface area (Å²) in [4.78, 5) is 11.1. The third-order valence-corrected chi connectivity index (χ3v) is 8.02. The molecule has 0 aliphatic carbocycles. The van der Waals surface area contributed by atoms with E-state index in [4.69, 9.17) is 14.2 Å². The van der Waals surface area contributed by atoms with E-state index in [0.717, 1.165) is 50.3 Å². The molecule has 35 heavy (non-hydrogen) atoms. The number of hydrogen-bond donors (Lipinski definition) is 6.